The lowest BCUT2D eigenvalue weighted by Gasteiger charge is -2.47. The fraction of sp³-hybridized carbons (Fsp3) is 0.893. The van der Waals surface area contributed by atoms with Gasteiger partial charge in [0.05, 0.1) is 55.9 Å². The number of esters is 3. The molecule has 2 fully saturated rings. The lowest BCUT2D eigenvalue weighted by atomic mass is 9.63. The van der Waals surface area contributed by atoms with Gasteiger partial charge < -0.3 is 29.5 Å². The largest absolute Gasteiger partial charge is 0.465 e. The Bertz CT molecular complexity index is 851. The molecule has 2 bridgehead atoms. The molecule has 0 aromatic rings. The van der Waals surface area contributed by atoms with Crippen LogP contribution in [0.2, 0.25) is 0 Å². The fourth-order valence-electron chi connectivity index (χ4n) is 6.36. The normalized spacial score (nSPS) is 39.9. The highest BCUT2D eigenvalue weighted by atomic mass is 16.5. The Morgan fingerprint density at radius 3 is 1.76 bits per heavy atom. The van der Waals surface area contributed by atoms with E-state index in [-0.39, 0.29) is 51.9 Å². The van der Waals surface area contributed by atoms with Crippen LogP contribution in [-0.2, 0) is 28.6 Å². The monoisotopic (exact) mass is 528 g/mol. The van der Waals surface area contributed by atoms with Crippen LogP contribution in [0.15, 0.2) is 0 Å². The maximum atomic E-state index is 13.9. The first-order valence-corrected chi connectivity index (χ1v) is 13.4. The topological polar surface area (TPSA) is 140 Å². The molecule has 9 heteroatoms. The van der Waals surface area contributed by atoms with Gasteiger partial charge in [0.1, 0.15) is 0 Å². The highest BCUT2D eigenvalue weighted by molar-refractivity contribution is 5.79. The van der Waals surface area contributed by atoms with E-state index in [0.717, 1.165) is 0 Å². The van der Waals surface area contributed by atoms with Crippen LogP contribution in [0.3, 0.4) is 0 Å². The first kappa shape index (κ1) is 31.5. The predicted octanol–water partition coefficient (Wildman–Crippen LogP) is 3.02. The molecule has 2 aliphatic rings. The van der Waals surface area contributed by atoms with E-state index in [1.807, 2.05) is 27.7 Å². The van der Waals surface area contributed by atoms with Crippen molar-refractivity contribution in [3.63, 3.8) is 0 Å². The van der Waals surface area contributed by atoms with Gasteiger partial charge in [-0.1, -0.05) is 41.5 Å². The second kappa shape index (κ2) is 11.2. The summed E-state index contributed by atoms with van der Waals surface area (Å²) in [5, 5.41) is 31.4. The average Bonchev–Trinajstić information content (AvgIpc) is 2.86. The summed E-state index contributed by atoms with van der Waals surface area (Å²) in [6, 6.07) is 0. The van der Waals surface area contributed by atoms with Crippen LogP contribution in [-0.4, -0.2) is 72.9 Å². The van der Waals surface area contributed by atoms with Crippen LogP contribution in [0.5, 0.6) is 0 Å². The summed E-state index contributed by atoms with van der Waals surface area (Å²) in [6.45, 7) is 11.1. The van der Waals surface area contributed by atoms with Gasteiger partial charge in [-0.05, 0) is 45.4 Å². The summed E-state index contributed by atoms with van der Waals surface area (Å²) in [4.78, 5) is 40.7. The Balaban J connectivity index is 2.78. The van der Waals surface area contributed by atoms with Gasteiger partial charge in [-0.3, -0.25) is 14.4 Å². The van der Waals surface area contributed by atoms with Crippen LogP contribution < -0.4 is 0 Å². The SMILES string of the molecule is CCC1(C)COC(=O)C(CC)(CO)CC2(C)COC(=O)C(CO)(CC(C)(C)COC(=O)C(C)(CO)C2)C1. The maximum absolute atomic E-state index is 13.9. The number of fused-ring (bicyclic) bond motifs is 4. The van der Waals surface area contributed by atoms with Crippen molar-refractivity contribution in [2.24, 2.45) is 32.5 Å². The Morgan fingerprint density at radius 1 is 0.649 bits per heavy atom. The molecule has 0 aromatic heterocycles. The maximum Gasteiger partial charge on any atom is 0.314 e. The van der Waals surface area contributed by atoms with Crippen LogP contribution >= 0.6 is 0 Å². The van der Waals surface area contributed by atoms with Crippen molar-refractivity contribution in [3.8, 4) is 0 Å². The molecular formula is C28H48O9. The van der Waals surface area contributed by atoms with Crippen molar-refractivity contribution < 1.29 is 43.9 Å². The minimum absolute atomic E-state index is 0.0134. The van der Waals surface area contributed by atoms with Gasteiger partial charge in [0.25, 0.3) is 0 Å². The number of carbonyl (C=O) groups excluding carboxylic acids is 3. The van der Waals surface area contributed by atoms with Gasteiger partial charge in [0.15, 0.2) is 0 Å². The van der Waals surface area contributed by atoms with Crippen molar-refractivity contribution in [2.45, 2.75) is 87.0 Å². The number of hydrogen-bond donors (Lipinski definition) is 3. The Kier molecular flexibility index (Phi) is 9.52. The standard InChI is InChI=1S/C28H48O9/c1-8-24(5)12-28(16-31)10-23(3,4)17-35-20(32)26(7,14-29)11-25(6,19-37-22(28)34)13-27(9-2,15-30)21(33)36-18-24/h29-31H,8-19H2,1-7H3. The highest BCUT2D eigenvalue weighted by Gasteiger charge is 2.54. The summed E-state index contributed by atoms with van der Waals surface area (Å²) >= 11 is 0. The van der Waals surface area contributed by atoms with Crippen molar-refractivity contribution in [1.29, 1.82) is 0 Å². The van der Waals surface area contributed by atoms with E-state index in [4.69, 9.17) is 14.2 Å². The molecule has 0 aliphatic carbocycles. The van der Waals surface area contributed by atoms with E-state index in [9.17, 15) is 29.7 Å². The molecule has 0 amide bonds. The molecule has 5 atom stereocenters. The average molecular weight is 529 g/mol. The summed E-state index contributed by atoms with van der Waals surface area (Å²) in [5.41, 5.74) is -6.30. The third kappa shape index (κ3) is 6.66. The molecule has 2 rings (SSSR count). The van der Waals surface area contributed by atoms with Gasteiger partial charge in [0.2, 0.25) is 0 Å². The number of carbonyl (C=O) groups is 3. The first-order valence-electron chi connectivity index (χ1n) is 13.4. The zero-order valence-corrected chi connectivity index (χ0v) is 23.8. The number of cyclic esters (lactones) is 2. The van der Waals surface area contributed by atoms with E-state index in [1.165, 1.54) is 0 Å². The molecule has 2 saturated heterocycles. The Morgan fingerprint density at radius 2 is 1.24 bits per heavy atom. The molecule has 214 valence electrons. The molecule has 2 aliphatic heterocycles. The number of hydrogen-bond acceptors (Lipinski definition) is 9. The zero-order chi connectivity index (χ0) is 28.3. The van der Waals surface area contributed by atoms with Gasteiger partial charge in [0, 0.05) is 16.2 Å². The molecule has 3 N–H and O–H groups in total. The molecule has 5 unspecified atom stereocenters. The first-order chi connectivity index (χ1) is 17.0. The minimum Gasteiger partial charge on any atom is -0.465 e. The molecule has 0 radical (unpaired) electrons. The van der Waals surface area contributed by atoms with Gasteiger partial charge in [-0.15, -0.1) is 0 Å². The Labute approximate surface area is 221 Å². The summed E-state index contributed by atoms with van der Waals surface area (Å²) in [5.74, 6) is -1.69. The fourth-order valence-corrected chi connectivity index (χ4v) is 6.36. The van der Waals surface area contributed by atoms with Gasteiger partial charge in [-0.2, -0.15) is 0 Å². The van der Waals surface area contributed by atoms with Crippen molar-refractivity contribution in [1.82, 2.24) is 0 Å². The predicted molar refractivity (Wildman–Crippen MR) is 136 cm³/mol. The van der Waals surface area contributed by atoms with Crippen molar-refractivity contribution in [3.05, 3.63) is 0 Å². The number of rotatable bonds is 5. The van der Waals surface area contributed by atoms with Crippen LogP contribution in [0.25, 0.3) is 0 Å². The number of ether oxygens (including phenoxy) is 3. The van der Waals surface area contributed by atoms with E-state index in [0.29, 0.717) is 6.42 Å². The van der Waals surface area contributed by atoms with E-state index >= 15 is 0 Å². The molecular weight excluding hydrogens is 480 g/mol. The molecule has 2 heterocycles. The van der Waals surface area contributed by atoms with E-state index < -0.39 is 70.2 Å². The third-order valence-electron chi connectivity index (χ3n) is 8.71. The zero-order valence-electron chi connectivity index (χ0n) is 23.8. The van der Waals surface area contributed by atoms with E-state index in [2.05, 4.69) is 0 Å². The molecule has 9 nitrogen and oxygen atoms in total. The smallest absolute Gasteiger partial charge is 0.314 e. The van der Waals surface area contributed by atoms with E-state index in [1.54, 1.807) is 20.8 Å². The lowest BCUT2D eigenvalue weighted by Crippen LogP contribution is -2.51. The van der Waals surface area contributed by atoms with Crippen LogP contribution in [0.4, 0.5) is 0 Å². The van der Waals surface area contributed by atoms with Crippen LogP contribution in [0.1, 0.15) is 87.0 Å². The minimum atomic E-state index is -1.33. The number of aliphatic hydroxyl groups excluding tert-OH is 3. The summed E-state index contributed by atoms with van der Waals surface area (Å²) < 4.78 is 17.6. The van der Waals surface area contributed by atoms with Gasteiger partial charge >= 0.3 is 17.9 Å². The lowest BCUT2D eigenvalue weighted by molar-refractivity contribution is -0.185. The Hall–Kier alpha value is -1.71. The van der Waals surface area contributed by atoms with Crippen molar-refractivity contribution >= 4 is 17.9 Å². The second-order valence-corrected chi connectivity index (χ2v) is 13.5. The summed E-state index contributed by atoms with van der Waals surface area (Å²) in [7, 11) is 0. The van der Waals surface area contributed by atoms with Gasteiger partial charge in [-0.25, -0.2) is 0 Å². The molecule has 37 heavy (non-hydrogen) atoms. The molecule has 0 saturated carbocycles. The van der Waals surface area contributed by atoms with Crippen molar-refractivity contribution in [2.75, 3.05) is 39.6 Å². The summed E-state index contributed by atoms with van der Waals surface area (Å²) in [6.07, 6.45) is 1.30. The molecule has 0 spiro atoms. The third-order valence-corrected chi connectivity index (χ3v) is 8.71. The quantitative estimate of drug-likeness (QED) is 0.363. The number of aliphatic hydroxyl groups is 3. The second-order valence-electron chi connectivity index (χ2n) is 13.5. The van der Waals surface area contributed by atoms with Crippen LogP contribution in [0, 0.1) is 32.5 Å². The highest BCUT2D eigenvalue weighted by Crippen LogP contribution is 2.50. The molecule has 0 aromatic carbocycles.